The average Bonchev–Trinajstić information content (AvgIpc) is 3.54. The Kier molecular flexibility index (Phi) is 7.49. The number of nitrogens with one attached hydrogen (secondary N) is 2. The third-order valence-corrected chi connectivity index (χ3v) is 8.33. The molecule has 0 bridgehead atoms. The van der Waals surface area contributed by atoms with Gasteiger partial charge in [0.05, 0.1) is 7.11 Å². The number of hydrogen-bond donors (Lipinski definition) is 5. The van der Waals surface area contributed by atoms with Crippen LogP contribution in [0, 0.1) is 0 Å². The second kappa shape index (κ2) is 11.0. The minimum absolute atomic E-state index is 0.112. The Bertz CT molecular complexity index is 1460. The van der Waals surface area contributed by atoms with Crippen molar-refractivity contribution in [2.24, 2.45) is 5.16 Å². The van der Waals surface area contributed by atoms with Gasteiger partial charge in [-0.3, -0.25) is 19.3 Å². The van der Waals surface area contributed by atoms with Crippen LogP contribution in [0.25, 0.3) is 0 Å². The maximum Gasteiger partial charge on any atom is 0.352 e. The molecule has 17 heteroatoms. The molecule has 1 unspecified atom stereocenters. The van der Waals surface area contributed by atoms with Crippen LogP contribution < -0.4 is 31.4 Å². The molecule has 210 valence electrons. The van der Waals surface area contributed by atoms with Crippen LogP contribution in [0.15, 0.2) is 40.3 Å². The minimum Gasteiger partial charge on any atom is -0.491 e. The summed E-state index contributed by atoms with van der Waals surface area (Å²) in [6, 6.07) is 0.607. The van der Waals surface area contributed by atoms with Crippen LogP contribution in [0.1, 0.15) is 12.1 Å². The molecule has 3 amide bonds. The number of carboxylic acid groups (broad SMARTS) is 1. The van der Waals surface area contributed by atoms with Crippen molar-refractivity contribution in [1.29, 1.82) is 0 Å². The smallest absolute Gasteiger partial charge is 0.352 e. The number of β-lactam (4-membered cyclic amide) rings is 1. The molecule has 0 aliphatic carbocycles. The summed E-state index contributed by atoms with van der Waals surface area (Å²) in [4.78, 5) is 61.0. The number of carboxylic acids is 1. The van der Waals surface area contributed by atoms with E-state index in [2.05, 4.69) is 20.8 Å². The SMILES string of the molecule is COc1cc(N)c[n+](CC2=C(C(=O)O)N3C(=O)[C@@H](NC(=O)/C(=N\OC4CCNC4=O)c4csc(N)n4)[C@@H]3SC2)c1. The first-order valence-electron chi connectivity index (χ1n) is 11.9. The van der Waals surface area contributed by atoms with Crippen molar-refractivity contribution in [2.75, 3.05) is 30.9 Å². The van der Waals surface area contributed by atoms with Crippen molar-refractivity contribution in [1.82, 2.24) is 20.5 Å². The molecule has 15 nitrogen and oxygen atoms in total. The number of hydrogen-bond acceptors (Lipinski definition) is 12. The summed E-state index contributed by atoms with van der Waals surface area (Å²) in [5.41, 5.74) is 12.3. The van der Waals surface area contributed by atoms with E-state index in [4.69, 9.17) is 21.0 Å². The van der Waals surface area contributed by atoms with Crippen LogP contribution in [-0.4, -0.2) is 81.3 Å². The van der Waals surface area contributed by atoms with Gasteiger partial charge in [-0.15, -0.1) is 23.1 Å². The second-order valence-electron chi connectivity index (χ2n) is 8.98. The molecule has 2 saturated heterocycles. The molecule has 40 heavy (non-hydrogen) atoms. The maximum absolute atomic E-state index is 13.2. The van der Waals surface area contributed by atoms with Crippen LogP contribution in [0.2, 0.25) is 0 Å². The lowest BCUT2D eigenvalue weighted by Crippen LogP contribution is -2.71. The van der Waals surface area contributed by atoms with E-state index in [1.54, 1.807) is 23.0 Å². The largest absolute Gasteiger partial charge is 0.491 e. The molecule has 7 N–H and O–H groups in total. The van der Waals surface area contributed by atoms with E-state index in [1.807, 2.05) is 0 Å². The lowest BCUT2D eigenvalue weighted by molar-refractivity contribution is -0.688. The monoisotopic (exact) mass is 589 g/mol. The van der Waals surface area contributed by atoms with Gasteiger partial charge in [-0.2, -0.15) is 4.57 Å². The first-order valence-corrected chi connectivity index (χ1v) is 13.9. The molecule has 3 aliphatic rings. The fourth-order valence-electron chi connectivity index (χ4n) is 4.46. The number of thioether (sulfide) groups is 1. The van der Waals surface area contributed by atoms with Gasteiger partial charge in [0.2, 0.25) is 12.3 Å². The number of aliphatic carboxylic acids is 1. The number of thiazole rings is 1. The fraction of sp³-hybridized carbons (Fsp3) is 0.348. The first kappa shape index (κ1) is 27.2. The summed E-state index contributed by atoms with van der Waals surface area (Å²) >= 11 is 2.39. The van der Waals surface area contributed by atoms with Gasteiger partial charge in [0.1, 0.15) is 28.5 Å². The van der Waals surface area contributed by atoms with Crippen molar-refractivity contribution in [3.63, 3.8) is 0 Å². The Morgan fingerprint density at radius 2 is 2.15 bits per heavy atom. The summed E-state index contributed by atoms with van der Waals surface area (Å²) in [5, 5.41) is 20.1. The zero-order valence-electron chi connectivity index (χ0n) is 21.0. The predicted octanol–water partition coefficient (Wildman–Crippen LogP) is -1.35. The highest BCUT2D eigenvalue weighted by molar-refractivity contribution is 8.00. The van der Waals surface area contributed by atoms with Crippen LogP contribution in [-0.2, 0) is 30.6 Å². The molecule has 2 aromatic heterocycles. The van der Waals surface area contributed by atoms with Gasteiger partial charge >= 0.3 is 5.97 Å². The number of anilines is 2. The number of aromatic nitrogens is 2. The third kappa shape index (κ3) is 5.24. The summed E-state index contributed by atoms with van der Waals surface area (Å²) in [5.74, 6) is -2.21. The van der Waals surface area contributed by atoms with Crippen LogP contribution in [0.3, 0.4) is 0 Å². The highest BCUT2D eigenvalue weighted by Crippen LogP contribution is 2.40. The molecule has 0 spiro atoms. The molecule has 0 aromatic carbocycles. The Labute approximate surface area is 235 Å². The summed E-state index contributed by atoms with van der Waals surface area (Å²) in [6.45, 7) is 0.582. The zero-order chi connectivity index (χ0) is 28.6. The second-order valence-corrected chi connectivity index (χ2v) is 11.0. The molecule has 5 heterocycles. The number of fused-ring (bicyclic) bond motifs is 1. The van der Waals surface area contributed by atoms with E-state index in [9.17, 15) is 24.3 Å². The van der Waals surface area contributed by atoms with E-state index in [0.29, 0.717) is 30.0 Å². The number of amides is 3. The number of carbonyl (C=O) groups is 4. The van der Waals surface area contributed by atoms with Crippen molar-refractivity contribution in [3.05, 3.63) is 40.8 Å². The number of nitrogens with two attached hydrogens (primary N) is 2. The van der Waals surface area contributed by atoms with E-state index >= 15 is 0 Å². The van der Waals surface area contributed by atoms with Crippen LogP contribution in [0.5, 0.6) is 5.75 Å². The van der Waals surface area contributed by atoms with Gasteiger partial charge in [-0.05, 0) is 0 Å². The number of nitrogens with zero attached hydrogens (tertiary/aromatic N) is 4. The number of methoxy groups -OCH3 is 1. The van der Waals surface area contributed by atoms with Gasteiger partial charge in [0.15, 0.2) is 29.3 Å². The molecule has 3 atom stereocenters. The lowest BCUT2D eigenvalue weighted by Gasteiger charge is -2.49. The van der Waals surface area contributed by atoms with Crippen LogP contribution in [0.4, 0.5) is 10.8 Å². The zero-order valence-corrected chi connectivity index (χ0v) is 22.7. The van der Waals surface area contributed by atoms with E-state index < -0.39 is 35.3 Å². The Morgan fingerprint density at radius 3 is 2.80 bits per heavy atom. The molecule has 0 saturated carbocycles. The van der Waals surface area contributed by atoms with Crippen molar-refractivity contribution in [2.45, 2.75) is 30.5 Å². The highest BCUT2D eigenvalue weighted by atomic mass is 32.2. The van der Waals surface area contributed by atoms with Gasteiger partial charge in [-0.1, -0.05) is 5.16 Å². The molecule has 5 rings (SSSR count). The molecule has 3 aliphatic heterocycles. The van der Waals surface area contributed by atoms with Crippen molar-refractivity contribution < 1.29 is 38.4 Å². The first-order chi connectivity index (χ1) is 19.2. The molecule has 2 aromatic rings. The standard InChI is InChI=1S/C23H24N8O7S2/c1-37-12-4-11(24)6-30(7-12)5-10-8-39-21-16(20(34)31(21)17(10)22(35)36)28-19(33)15(13-9-40-23(25)27-13)29-38-14-2-3-26-18(14)32/h4,6-7,9,14,16,21H,2-3,5,8,24H2,1H3,(H4-,25,26,27,28,32,33,35,36)/p+1/b29-15-/t14?,16-,21+/m1/s1. The normalized spacial score (nSPS) is 22.4. The van der Waals surface area contributed by atoms with Gasteiger partial charge < -0.3 is 36.8 Å². The van der Waals surface area contributed by atoms with Gasteiger partial charge in [-0.25, -0.2) is 9.78 Å². The number of oxime groups is 1. The maximum atomic E-state index is 13.2. The summed E-state index contributed by atoms with van der Waals surface area (Å²) < 4.78 is 6.91. The average molecular weight is 590 g/mol. The quantitative estimate of drug-likeness (QED) is 0.0997. The number of pyridine rings is 1. The van der Waals surface area contributed by atoms with Gasteiger partial charge in [0.25, 0.3) is 17.7 Å². The van der Waals surface area contributed by atoms with Crippen molar-refractivity contribution >= 4 is 63.3 Å². The number of ether oxygens (including phenoxy) is 1. The lowest BCUT2D eigenvalue weighted by atomic mass is 10.0. The van der Waals surface area contributed by atoms with Gasteiger partial charge in [0, 0.05) is 35.7 Å². The molecule has 2 fully saturated rings. The van der Waals surface area contributed by atoms with E-state index in [-0.39, 0.29) is 40.4 Å². The minimum atomic E-state index is -1.27. The summed E-state index contributed by atoms with van der Waals surface area (Å²) in [6.07, 6.45) is 2.81. The van der Waals surface area contributed by atoms with E-state index in [0.717, 1.165) is 16.2 Å². The Balaban J connectivity index is 1.35. The number of rotatable bonds is 9. The summed E-state index contributed by atoms with van der Waals surface area (Å²) in [7, 11) is 1.49. The molecular weight excluding hydrogens is 564 g/mol. The molecule has 0 radical (unpaired) electrons. The fourth-order valence-corrected chi connectivity index (χ4v) is 6.34. The predicted molar refractivity (Wildman–Crippen MR) is 143 cm³/mol. The Morgan fingerprint density at radius 1 is 1.35 bits per heavy atom. The highest BCUT2D eigenvalue weighted by Gasteiger charge is 2.55. The topological polar surface area (TPSA) is 215 Å². The Hall–Kier alpha value is -4.38. The van der Waals surface area contributed by atoms with Crippen LogP contribution >= 0.6 is 23.1 Å². The number of nitrogen functional groups attached to an aromatic ring is 2. The number of carbonyl (C=O) groups excluding carboxylic acids is 3. The third-order valence-electron chi connectivity index (χ3n) is 6.31. The van der Waals surface area contributed by atoms with Crippen molar-refractivity contribution in [3.8, 4) is 5.75 Å². The molecular formula is C23H25N8O7S2+. The van der Waals surface area contributed by atoms with E-state index in [1.165, 1.54) is 24.3 Å².